The van der Waals surface area contributed by atoms with E-state index in [2.05, 4.69) is 27.3 Å². The Morgan fingerprint density at radius 3 is 2.67 bits per heavy atom. The van der Waals surface area contributed by atoms with Gasteiger partial charge in [0.1, 0.15) is 0 Å². The molecule has 0 amide bonds. The van der Waals surface area contributed by atoms with Crippen molar-refractivity contribution in [2.45, 2.75) is 25.1 Å². The molecule has 148 valence electrons. The molecule has 0 spiro atoms. The number of aliphatic hydroxyl groups is 1. The summed E-state index contributed by atoms with van der Waals surface area (Å²) < 4.78 is 10.9. The third-order valence-corrected chi connectivity index (χ3v) is 4.71. The molecule has 1 saturated heterocycles. The minimum Gasteiger partial charge on any atom is -0.454 e. The van der Waals surface area contributed by atoms with Crippen LogP contribution < -0.4 is 14.8 Å². The summed E-state index contributed by atoms with van der Waals surface area (Å²) in [6, 6.07) is 10.0. The Hall–Kier alpha value is -1.57. The molecule has 1 aromatic heterocycles. The van der Waals surface area contributed by atoms with Crippen LogP contribution in [0.25, 0.3) is 0 Å². The second-order valence-corrected chi connectivity index (χ2v) is 6.85. The van der Waals surface area contributed by atoms with Crippen molar-refractivity contribution in [3.8, 4) is 11.5 Å². The molecule has 4 rings (SSSR count). The molecule has 2 aliphatic rings. The van der Waals surface area contributed by atoms with Gasteiger partial charge >= 0.3 is 0 Å². The van der Waals surface area contributed by atoms with Crippen LogP contribution in [0.4, 0.5) is 0 Å². The van der Waals surface area contributed by atoms with Crippen molar-refractivity contribution in [2.75, 3.05) is 26.4 Å². The molecule has 27 heavy (non-hydrogen) atoms. The lowest BCUT2D eigenvalue weighted by Gasteiger charge is -2.31. The Morgan fingerprint density at radius 2 is 1.93 bits per heavy atom. The molecule has 1 atom stereocenters. The number of nitrogens with zero attached hydrogens (tertiary/aromatic N) is 2. The molecule has 1 unspecified atom stereocenters. The number of hydrogen-bond acceptors (Lipinski definition) is 6. The summed E-state index contributed by atoms with van der Waals surface area (Å²) in [6.07, 6.45) is 4.43. The summed E-state index contributed by atoms with van der Waals surface area (Å²) in [5.74, 6) is 1.58. The van der Waals surface area contributed by atoms with Gasteiger partial charge in [-0.3, -0.25) is 9.88 Å². The largest absolute Gasteiger partial charge is 0.454 e. The lowest BCUT2D eigenvalue weighted by atomic mass is 10.0. The normalized spacial score (nSPS) is 20.2. The molecular weight excluding hydrogens is 389 g/mol. The van der Waals surface area contributed by atoms with Crippen LogP contribution in [0.2, 0.25) is 0 Å². The molecule has 0 saturated carbocycles. The van der Waals surface area contributed by atoms with E-state index in [0.29, 0.717) is 13.1 Å². The average Bonchev–Trinajstić information content (AvgIpc) is 3.24. The standard InChI is InChI=1S/C19H23N3O3.2ClH/c23-19(5-7-21-12-19)13-22(11-16-2-1-6-20-9-16)10-15-3-4-17-18(8-15)25-14-24-17;;/h1-4,6,8-9,21,23H,5,7,10-14H2;2*1H. The molecule has 1 aromatic carbocycles. The zero-order chi connectivity index (χ0) is 17.1. The van der Waals surface area contributed by atoms with Crippen LogP contribution >= 0.6 is 24.8 Å². The number of rotatable bonds is 6. The monoisotopic (exact) mass is 413 g/mol. The maximum Gasteiger partial charge on any atom is 0.231 e. The highest BCUT2D eigenvalue weighted by molar-refractivity contribution is 5.85. The number of halogens is 2. The molecule has 2 aromatic rings. The highest BCUT2D eigenvalue weighted by Crippen LogP contribution is 2.33. The third-order valence-electron chi connectivity index (χ3n) is 4.71. The van der Waals surface area contributed by atoms with Gasteiger partial charge in [0, 0.05) is 38.6 Å². The van der Waals surface area contributed by atoms with Gasteiger partial charge < -0.3 is 19.9 Å². The van der Waals surface area contributed by atoms with E-state index >= 15 is 0 Å². The van der Waals surface area contributed by atoms with Crippen LogP contribution in [-0.4, -0.2) is 47.0 Å². The minimum atomic E-state index is -0.682. The van der Waals surface area contributed by atoms with Crippen molar-refractivity contribution in [3.63, 3.8) is 0 Å². The van der Waals surface area contributed by atoms with E-state index in [1.54, 1.807) is 6.20 Å². The Morgan fingerprint density at radius 1 is 1.11 bits per heavy atom. The van der Waals surface area contributed by atoms with Gasteiger partial charge in [-0.2, -0.15) is 0 Å². The first-order valence-electron chi connectivity index (χ1n) is 8.63. The maximum absolute atomic E-state index is 10.8. The number of β-amino-alcohol motifs (C(OH)–C–C–N with tert-alkyl or cyclic N) is 1. The first kappa shape index (κ1) is 21.7. The van der Waals surface area contributed by atoms with Crippen LogP contribution in [-0.2, 0) is 13.1 Å². The SMILES string of the molecule is Cl.Cl.OC1(CN(Cc2cccnc2)Cc2ccc3c(c2)OCO3)CCNC1. The number of benzene rings is 1. The molecule has 2 aliphatic heterocycles. The van der Waals surface area contributed by atoms with Crippen molar-refractivity contribution < 1.29 is 14.6 Å². The van der Waals surface area contributed by atoms with Crippen molar-refractivity contribution in [1.29, 1.82) is 0 Å². The Labute approximate surface area is 171 Å². The molecule has 1 fully saturated rings. The van der Waals surface area contributed by atoms with Gasteiger partial charge in [0.05, 0.1) is 5.60 Å². The lowest BCUT2D eigenvalue weighted by Crippen LogP contribution is -2.44. The summed E-state index contributed by atoms with van der Waals surface area (Å²) in [7, 11) is 0. The number of ether oxygens (including phenoxy) is 2. The van der Waals surface area contributed by atoms with E-state index in [1.807, 2.05) is 24.4 Å². The zero-order valence-electron chi connectivity index (χ0n) is 15.0. The van der Waals surface area contributed by atoms with Crippen molar-refractivity contribution >= 4 is 24.8 Å². The summed E-state index contributed by atoms with van der Waals surface area (Å²) >= 11 is 0. The molecule has 3 heterocycles. The van der Waals surface area contributed by atoms with Crippen LogP contribution in [0.5, 0.6) is 11.5 Å². The van der Waals surface area contributed by atoms with Crippen LogP contribution in [0.1, 0.15) is 17.5 Å². The molecule has 0 aliphatic carbocycles. The van der Waals surface area contributed by atoms with Gasteiger partial charge in [-0.25, -0.2) is 0 Å². The first-order chi connectivity index (χ1) is 12.2. The van der Waals surface area contributed by atoms with E-state index in [-0.39, 0.29) is 31.6 Å². The summed E-state index contributed by atoms with van der Waals surface area (Å²) in [5, 5.41) is 14.1. The van der Waals surface area contributed by atoms with Gasteiger partial charge in [0.2, 0.25) is 6.79 Å². The Bertz CT molecular complexity index is 727. The summed E-state index contributed by atoms with van der Waals surface area (Å²) in [5.41, 5.74) is 1.60. The topological polar surface area (TPSA) is 66.9 Å². The Kier molecular flexibility index (Phi) is 7.70. The molecule has 0 bridgehead atoms. The second-order valence-electron chi connectivity index (χ2n) is 6.85. The average molecular weight is 414 g/mol. The fraction of sp³-hybridized carbons (Fsp3) is 0.421. The number of pyridine rings is 1. The van der Waals surface area contributed by atoms with E-state index in [0.717, 1.165) is 48.7 Å². The van der Waals surface area contributed by atoms with Crippen LogP contribution in [0, 0.1) is 0 Å². The highest BCUT2D eigenvalue weighted by Gasteiger charge is 2.33. The second kappa shape index (κ2) is 9.57. The van der Waals surface area contributed by atoms with Gasteiger partial charge in [0.15, 0.2) is 11.5 Å². The maximum atomic E-state index is 10.8. The smallest absolute Gasteiger partial charge is 0.231 e. The number of fused-ring (bicyclic) bond motifs is 1. The highest BCUT2D eigenvalue weighted by atomic mass is 35.5. The van der Waals surface area contributed by atoms with Crippen LogP contribution in [0.3, 0.4) is 0 Å². The quantitative estimate of drug-likeness (QED) is 0.757. The van der Waals surface area contributed by atoms with E-state index in [1.165, 1.54) is 0 Å². The summed E-state index contributed by atoms with van der Waals surface area (Å²) in [4.78, 5) is 6.47. The minimum absolute atomic E-state index is 0. The van der Waals surface area contributed by atoms with Gasteiger partial charge in [-0.15, -0.1) is 24.8 Å². The molecule has 8 heteroatoms. The Balaban J connectivity index is 0.00000131. The van der Waals surface area contributed by atoms with Gasteiger partial charge in [-0.05, 0) is 42.3 Å². The van der Waals surface area contributed by atoms with Crippen LogP contribution in [0.15, 0.2) is 42.7 Å². The van der Waals surface area contributed by atoms with Gasteiger partial charge in [0.25, 0.3) is 0 Å². The van der Waals surface area contributed by atoms with E-state index in [9.17, 15) is 5.11 Å². The number of aromatic nitrogens is 1. The van der Waals surface area contributed by atoms with E-state index in [4.69, 9.17) is 9.47 Å². The predicted octanol–water partition coefficient (Wildman–Crippen LogP) is 2.38. The molecule has 2 N–H and O–H groups in total. The van der Waals surface area contributed by atoms with Gasteiger partial charge in [-0.1, -0.05) is 12.1 Å². The molecular formula is C19H25Cl2N3O3. The predicted molar refractivity (Wildman–Crippen MR) is 108 cm³/mol. The lowest BCUT2D eigenvalue weighted by molar-refractivity contribution is 0.0157. The van der Waals surface area contributed by atoms with Crippen molar-refractivity contribution in [1.82, 2.24) is 15.2 Å². The van der Waals surface area contributed by atoms with E-state index < -0.39 is 5.60 Å². The fourth-order valence-corrected chi connectivity index (χ4v) is 3.50. The third kappa shape index (κ3) is 5.46. The molecule has 0 radical (unpaired) electrons. The van der Waals surface area contributed by atoms with Crippen molar-refractivity contribution in [2.24, 2.45) is 0 Å². The number of hydrogen-bond donors (Lipinski definition) is 2. The fourth-order valence-electron chi connectivity index (χ4n) is 3.50. The summed E-state index contributed by atoms with van der Waals surface area (Å²) in [6.45, 7) is 3.87. The number of nitrogens with one attached hydrogen (secondary N) is 1. The molecule has 6 nitrogen and oxygen atoms in total. The zero-order valence-corrected chi connectivity index (χ0v) is 16.6. The first-order valence-corrected chi connectivity index (χ1v) is 8.63. The van der Waals surface area contributed by atoms with Crippen molar-refractivity contribution in [3.05, 3.63) is 53.9 Å².